The molecule has 24 heavy (non-hydrogen) atoms. The zero-order valence-corrected chi connectivity index (χ0v) is 14.4. The number of rotatable bonds is 3. The summed E-state index contributed by atoms with van der Waals surface area (Å²) in [6, 6.07) is 15.2. The van der Waals surface area contributed by atoms with E-state index in [1.54, 1.807) is 12.1 Å². The summed E-state index contributed by atoms with van der Waals surface area (Å²) >= 11 is 0. The fraction of sp³-hybridized carbons (Fsp3) is 0.364. The molecular weight excluding hydrogens is 297 g/mol. The zero-order chi connectivity index (χ0) is 16.7. The van der Waals surface area contributed by atoms with Crippen molar-refractivity contribution in [3.63, 3.8) is 0 Å². The number of aryl methyl sites for hydroxylation is 2. The van der Waals surface area contributed by atoms with Crippen LogP contribution in [-0.2, 0) is 6.54 Å². The number of nitrogens with zero attached hydrogens (tertiary/aromatic N) is 1. The number of hydrogen-bond acceptors (Lipinski definition) is 1. The molecule has 1 nitrogen and oxygen atoms in total. The standard InChI is InChI=1S/C22H24FN/c1-15-10-19(23)11-16(2)22(15)18-12-20-8-9-21(13-18)24(20)14-17-6-4-3-5-7-17/h3-7,10-12,20-21H,8-9,13-14H2,1-2H3. The van der Waals surface area contributed by atoms with Crippen molar-refractivity contribution in [2.75, 3.05) is 0 Å². The van der Waals surface area contributed by atoms with E-state index in [0.717, 1.165) is 24.1 Å². The Balaban J connectivity index is 1.63. The quantitative estimate of drug-likeness (QED) is 0.745. The highest BCUT2D eigenvalue weighted by Gasteiger charge is 2.37. The molecule has 2 aromatic carbocycles. The van der Waals surface area contributed by atoms with E-state index in [9.17, 15) is 4.39 Å². The highest BCUT2D eigenvalue weighted by atomic mass is 19.1. The molecule has 0 saturated carbocycles. The minimum absolute atomic E-state index is 0.126. The lowest BCUT2D eigenvalue weighted by Gasteiger charge is -2.35. The van der Waals surface area contributed by atoms with Crippen LogP contribution in [-0.4, -0.2) is 17.0 Å². The second kappa shape index (κ2) is 6.18. The maximum atomic E-state index is 13.6. The SMILES string of the molecule is Cc1cc(F)cc(C)c1C1=CC2CCC(C1)N2Cc1ccccc1. The Morgan fingerprint density at radius 1 is 1.04 bits per heavy atom. The molecule has 2 unspecified atom stereocenters. The first-order valence-electron chi connectivity index (χ1n) is 8.89. The maximum absolute atomic E-state index is 13.6. The molecule has 0 spiro atoms. The molecule has 2 aliphatic heterocycles. The van der Waals surface area contributed by atoms with Crippen molar-refractivity contribution < 1.29 is 4.39 Å². The predicted octanol–water partition coefficient (Wildman–Crippen LogP) is 5.26. The van der Waals surface area contributed by atoms with E-state index in [2.05, 4.69) is 41.3 Å². The van der Waals surface area contributed by atoms with Crippen molar-refractivity contribution in [3.8, 4) is 0 Å². The highest BCUT2D eigenvalue weighted by molar-refractivity contribution is 5.73. The Bertz CT molecular complexity index is 755. The molecule has 2 aromatic rings. The third-order valence-electron chi connectivity index (χ3n) is 5.57. The van der Waals surface area contributed by atoms with Crippen LogP contribution in [0, 0.1) is 19.7 Å². The molecule has 0 aliphatic carbocycles. The van der Waals surface area contributed by atoms with Gasteiger partial charge in [0.25, 0.3) is 0 Å². The van der Waals surface area contributed by atoms with Gasteiger partial charge in [-0.05, 0) is 73.1 Å². The van der Waals surface area contributed by atoms with E-state index in [1.807, 2.05) is 13.8 Å². The van der Waals surface area contributed by atoms with Gasteiger partial charge in [-0.25, -0.2) is 4.39 Å². The minimum Gasteiger partial charge on any atom is -0.289 e. The van der Waals surface area contributed by atoms with Crippen LogP contribution in [0.1, 0.15) is 41.5 Å². The summed E-state index contributed by atoms with van der Waals surface area (Å²) in [4.78, 5) is 2.65. The van der Waals surface area contributed by atoms with Crippen LogP contribution < -0.4 is 0 Å². The summed E-state index contributed by atoms with van der Waals surface area (Å²) in [5.41, 5.74) is 6.21. The lowest BCUT2D eigenvalue weighted by molar-refractivity contribution is 0.203. The molecule has 124 valence electrons. The molecule has 2 heteroatoms. The van der Waals surface area contributed by atoms with E-state index < -0.39 is 0 Å². The van der Waals surface area contributed by atoms with Crippen molar-refractivity contribution in [1.82, 2.24) is 4.90 Å². The average molecular weight is 321 g/mol. The van der Waals surface area contributed by atoms with Crippen LogP contribution >= 0.6 is 0 Å². The van der Waals surface area contributed by atoms with Gasteiger partial charge in [0.05, 0.1) is 0 Å². The lowest BCUT2D eigenvalue weighted by atomic mass is 9.88. The van der Waals surface area contributed by atoms with Crippen molar-refractivity contribution in [1.29, 1.82) is 0 Å². The van der Waals surface area contributed by atoms with Gasteiger partial charge in [-0.15, -0.1) is 0 Å². The van der Waals surface area contributed by atoms with Crippen LogP contribution in [0.4, 0.5) is 4.39 Å². The molecule has 2 bridgehead atoms. The minimum atomic E-state index is -0.126. The van der Waals surface area contributed by atoms with Crippen LogP contribution in [0.25, 0.3) is 5.57 Å². The van der Waals surface area contributed by atoms with Crippen LogP contribution in [0.2, 0.25) is 0 Å². The Hall–Kier alpha value is -1.93. The largest absolute Gasteiger partial charge is 0.289 e. The third-order valence-corrected chi connectivity index (χ3v) is 5.57. The van der Waals surface area contributed by atoms with Crippen LogP contribution in [0.3, 0.4) is 0 Å². The molecule has 2 heterocycles. The third kappa shape index (κ3) is 2.80. The van der Waals surface area contributed by atoms with Gasteiger partial charge < -0.3 is 0 Å². The van der Waals surface area contributed by atoms with Gasteiger partial charge in [-0.1, -0.05) is 36.4 Å². The molecule has 0 radical (unpaired) electrons. The van der Waals surface area contributed by atoms with Gasteiger partial charge >= 0.3 is 0 Å². The van der Waals surface area contributed by atoms with Gasteiger partial charge in [0.15, 0.2) is 0 Å². The number of benzene rings is 2. The lowest BCUT2D eigenvalue weighted by Crippen LogP contribution is -2.37. The van der Waals surface area contributed by atoms with Gasteiger partial charge in [0, 0.05) is 18.6 Å². The topological polar surface area (TPSA) is 3.24 Å². The van der Waals surface area contributed by atoms with E-state index in [1.165, 1.54) is 29.5 Å². The summed E-state index contributed by atoms with van der Waals surface area (Å²) < 4.78 is 13.6. The summed E-state index contributed by atoms with van der Waals surface area (Å²) in [5, 5.41) is 0. The number of fused-ring (bicyclic) bond motifs is 2. The smallest absolute Gasteiger partial charge is 0.123 e. The van der Waals surface area contributed by atoms with Crippen LogP contribution in [0.5, 0.6) is 0 Å². The summed E-state index contributed by atoms with van der Waals surface area (Å²) in [6.07, 6.45) is 6.02. The molecule has 4 rings (SSSR count). The van der Waals surface area contributed by atoms with Gasteiger partial charge in [-0.3, -0.25) is 4.90 Å². The van der Waals surface area contributed by atoms with E-state index >= 15 is 0 Å². The van der Waals surface area contributed by atoms with Crippen molar-refractivity contribution >= 4 is 5.57 Å². The molecule has 2 aliphatic rings. The second-order valence-electron chi connectivity index (χ2n) is 7.27. The maximum Gasteiger partial charge on any atom is 0.123 e. The first-order chi connectivity index (χ1) is 11.6. The van der Waals surface area contributed by atoms with Gasteiger partial charge in [-0.2, -0.15) is 0 Å². The molecule has 1 fully saturated rings. The number of halogens is 1. The zero-order valence-electron chi connectivity index (χ0n) is 14.4. The highest BCUT2D eigenvalue weighted by Crippen LogP contribution is 2.41. The summed E-state index contributed by atoms with van der Waals surface area (Å²) in [6.45, 7) is 5.09. The van der Waals surface area contributed by atoms with Crippen LogP contribution in [0.15, 0.2) is 48.5 Å². The summed E-state index contributed by atoms with van der Waals surface area (Å²) in [5.74, 6) is -0.126. The van der Waals surface area contributed by atoms with E-state index in [-0.39, 0.29) is 5.82 Å². The average Bonchev–Trinajstić information content (AvgIpc) is 2.78. The monoisotopic (exact) mass is 321 g/mol. The van der Waals surface area contributed by atoms with E-state index in [4.69, 9.17) is 0 Å². The van der Waals surface area contributed by atoms with Crippen molar-refractivity contribution in [2.24, 2.45) is 0 Å². The summed E-state index contributed by atoms with van der Waals surface area (Å²) in [7, 11) is 0. The first kappa shape index (κ1) is 15.6. The Morgan fingerprint density at radius 2 is 1.75 bits per heavy atom. The Labute approximate surface area is 143 Å². The predicted molar refractivity (Wildman–Crippen MR) is 97.3 cm³/mol. The van der Waals surface area contributed by atoms with Crippen molar-refractivity contribution in [2.45, 2.75) is 51.7 Å². The van der Waals surface area contributed by atoms with Crippen molar-refractivity contribution in [3.05, 3.63) is 76.6 Å². The molecule has 0 N–H and O–H groups in total. The molecule has 1 saturated heterocycles. The first-order valence-corrected chi connectivity index (χ1v) is 8.89. The Morgan fingerprint density at radius 3 is 2.42 bits per heavy atom. The van der Waals surface area contributed by atoms with E-state index in [0.29, 0.717) is 12.1 Å². The van der Waals surface area contributed by atoms with Gasteiger partial charge in [0.2, 0.25) is 0 Å². The molecule has 2 atom stereocenters. The fourth-order valence-corrected chi connectivity index (χ4v) is 4.56. The second-order valence-corrected chi connectivity index (χ2v) is 7.27. The molecule has 0 aromatic heterocycles. The molecule has 0 amide bonds. The Kier molecular flexibility index (Phi) is 4.01. The molecular formula is C22H24FN. The number of hydrogen-bond donors (Lipinski definition) is 0. The normalized spacial score (nSPS) is 23.4. The van der Waals surface area contributed by atoms with Gasteiger partial charge in [0.1, 0.15) is 5.82 Å². The fourth-order valence-electron chi connectivity index (χ4n) is 4.56.